The van der Waals surface area contributed by atoms with E-state index in [1.165, 1.54) is 25.1 Å². The van der Waals surface area contributed by atoms with E-state index < -0.39 is 0 Å². The van der Waals surface area contributed by atoms with Gasteiger partial charge in [-0.1, -0.05) is 6.92 Å². The van der Waals surface area contributed by atoms with Crippen LogP contribution >= 0.6 is 0 Å². The highest BCUT2D eigenvalue weighted by molar-refractivity contribution is 5.89. The van der Waals surface area contributed by atoms with Gasteiger partial charge in [0.2, 0.25) is 0 Å². The van der Waals surface area contributed by atoms with Gasteiger partial charge in [0.15, 0.2) is 0 Å². The Morgan fingerprint density at radius 1 is 1.25 bits per heavy atom. The van der Waals surface area contributed by atoms with Crippen molar-refractivity contribution in [3.63, 3.8) is 0 Å². The Balaban J connectivity index is 1.83. The number of anilines is 2. The van der Waals surface area contributed by atoms with Crippen LogP contribution in [0.25, 0.3) is 0 Å². The lowest BCUT2D eigenvalue weighted by atomic mass is 9.96. The highest BCUT2D eigenvalue weighted by Gasteiger charge is 2.19. The molecule has 0 spiro atoms. The van der Waals surface area contributed by atoms with Crippen LogP contribution in [-0.4, -0.2) is 50.7 Å². The van der Waals surface area contributed by atoms with Gasteiger partial charge in [-0.3, -0.25) is 0 Å². The topological polar surface area (TPSA) is 47.6 Å². The monoisotopic (exact) mass is 332 g/mol. The summed E-state index contributed by atoms with van der Waals surface area (Å²) in [6.07, 6.45) is 3.42. The van der Waals surface area contributed by atoms with Gasteiger partial charge in [0.1, 0.15) is 0 Å². The fraction of sp³-hybridized carbons (Fsp3) is 0.632. The summed E-state index contributed by atoms with van der Waals surface area (Å²) in [7, 11) is 4.30. The number of hydrogen-bond donors (Lipinski definition) is 2. The van der Waals surface area contributed by atoms with Gasteiger partial charge in [0.25, 0.3) is 0 Å². The standard InChI is InChI=1S/C19H32N4O/c1-5-15(2)20-19(24)21-17-6-8-18(9-7-17)23-12-10-16(11-13-23)14-22(3)4/h6-9,15-16H,5,10-14H2,1-4H3,(H2,20,21,24)/t15-/m1/s1. The number of nitrogens with zero attached hydrogens (tertiary/aromatic N) is 2. The number of benzene rings is 1. The third-order valence-electron chi connectivity index (χ3n) is 4.72. The molecule has 1 heterocycles. The van der Waals surface area contributed by atoms with E-state index in [1.807, 2.05) is 19.1 Å². The summed E-state index contributed by atoms with van der Waals surface area (Å²) in [5.41, 5.74) is 2.08. The first kappa shape index (κ1) is 18.6. The van der Waals surface area contributed by atoms with Crippen molar-refractivity contribution in [2.45, 2.75) is 39.2 Å². The van der Waals surface area contributed by atoms with Crippen LogP contribution < -0.4 is 15.5 Å². The summed E-state index contributed by atoms with van der Waals surface area (Å²) in [6.45, 7) is 7.46. The molecule has 2 rings (SSSR count). The van der Waals surface area contributed by atoms with Gasteiger partial charge >= 0.3 is 6.03 Å². The van der Waals surface area contributed by atoms with Crippen LogP contribution in [0.5, 0.6) is 0 Å². The number of piperidine rings is 1. The van der Waals surface area contributed by atoms with Gasteiger partial charge in [-0.25, -0.2) is 4.79 Å². The minimum Gasteiger partial charge on any atom is -0.372 e. The molecule has 134 valence electrons. The molecule has 5 heteroatoms. The van der Waals surface area contributed by atoms with Crippen LogP contribution in [0.4, 0.5) is 16.2 Å². The molecular formula is C19H32N4O. The van der Waals surface area contributed by atoms with Crippen molar-refractivity contribution in [3.05, 3.63) is 24.3 Å². The fourth-order valence-electron chi connectivity index (χ4n) is 3.14. The second kappa shape index (κ2) is 8.92. The SMILES string of the molecule is CC[C@@H](C)NC(=O)Nc1ccc(N2CCC(CN(C)C)CC2)cc1. The zero-order valence-corrected chi connectivity index (χ0v) is 15.5. The summed E-state index contributed by atoms with van der Waals surface area (Å²) in [5.74, 6) is 0.807. The lowest BCUT2D eigenvalue weighted by Gasteiger charge is -2.34. The van der Waals surface area contributed by atoms with Crippen LogP contribution in [0.2, 0.25) is 0 Å². The van der Waals surface area contributed by atoms with Crippen molar-refractivity contribution in [1.82, 2.24) is 10.2 Å². The Kier molecular flexibility index (Phi) is 6.91. The highest BCUT2D eigenvalue weighted by Crippen LogP contribution is 2.24. The zero-order chi connectivity index (χ0) is 17.5. The maximum absolute atomic E-state index is 11.9. The smallest absolute Gasteiger partial charge is 0.319 e. The quantitative estimate of drug-likeness (QED) is 0.839. The van der Waals surface area contributed by atoms with Gasteiger partial charge in [-0.2, -0.15) is 0 Å². The van der Waals surface area contributed by atoms with Crippen LogP contribution in [0.15, 0.2) is 24.3 Å². The Morgan fingerprint density at radius 2 is 1.88 bits per heavy atom. The first-order valence-electron chi connectivity index (χ1n) is 9.05. The van der Waals surface area contributed by atoms with Crippen molar-refractivity contribution in [3.8, 4) is 0 Å². The van der Waals surface area contributed by atoms with Gasteiger partial charge < -0.3 is 20.4 Å². The van der Waals surface area contributed by atoms with Gasteiger partial charge in [-0.05, 0) is 70.5 Å². The van der Waals surface area contributed by atoms with Crippen molar-refractivity contribution >= 4 is 17.4 Å². The van der Waals surface area contributed by atoms with Gasteiger partial charge in [0, 0.05) is 37.1 Å². The fourth-order valence-corrected chi connectivity index (χ4v) is 3.14. The maximum atomic E-state index is 11.9. The molecule has 24 heavy (non-hydrogen) atoms. The van der Waals surface area contributed by atoms with Crippen LogP contribution in [0.1, 0.15) is 33.1 Å². The molecule has 2 amide bonds. The average Bonchev–Trinajstić information content (AvgIpc) is 2.55. The molecule has 1 aromatic rings. The molecule has 0 aromatic heterocycles. The minimum atomic E-state index is -0.137. The summed E-state index contributed by atoms with van der Waals surface area (Å²) in [5, 5.41) is 5.80. The molecule has 0 saturated carbocycles. The first-order chi connectivity index (χ1) is 11.5. The van der Waals surface area contributed by atoms with E-state index >= 15 is 0 Å². The number of urea groups is 1. The molecule has 1 saturated heterocycles. The number of hydrogen-bond acceptors (Lipinski definition) is 3. The molecule has 1 aliphatic rings. The molecule has 0 bridgehead atoms. The number of amides is 2. The van der Waals surface area contributed by atoms with E-state index in [2.05, 4.69) is 53.6 Å². The normalized spacial score (nSPS) is 17.0. The summed E-state index contributed by atoms with van der Waals surface area (Å²) >= 11 is 0. The number of carbonyl (C=O) groups is 1. The average molecular weight is 332 g/mol. The predicted octanol–water partition coefficient (Wildman–Crippen LogP) is 3.38. The Morgan fingerprint density at radius 3 is 2.42 bits per heavy atom. The van der Waals surface area contributed by atoms with Crippen LogP contribution in [0.3, 0.4) is 0 Å². The Hall–Kier alpha value is -1.75. The number of nitrogens with one attached hydrogen (secondary N) is 2. The maximum Gasteiger partial charge on any atom is 0.319 e. The predicted molar refractivity (Wildman–Crippen MR) is 102 cm³/mol. The van der Waals surface area contributed by atoms with Crippen LogP contribution in [0, 0.1) is 5.92 Å². The van der Waals surface area contributed by atoms with Crippen LogP contribution in [-0.2, 0) is 0 Å². The molecule has 5 nitrogen and oxygen atoms in total. The van der Waals surface area contributed by atoms with E-state index in [9.17, 15) is 4.79 Å². The Bertz CT molecular complexity index is 507. The van der Waals surface area contributed by atoms with Crippen molar-refractivity contribution in [2.24, 2.45) is 5.92 Å². The zero-order valence-electron chi connectivity index (χ0n) is 15.5. The molecule has 1 aliphatic heterocycles. The lowest BCUT2D eigenvalue weighted by molar-refractivity contribution is 0.249. The van der Waals surface area contributed by atoms with Crippen molar-refractivity contribution < 1.29 is 4.79 Å². The van der Waals surface area contributed by atoms with E-state index in [0.717, 1.165) is 31.1 Å². The number of carbonyl (C=O) groups excluding carboxylic acids is 1. The van der Waals surface area contributed by atoms with E-state index in [-0.39, 0.29) is 12.1 Å². The summed E-state index contributed by atoms with van der Waals surface area (Å²) in [6, 6.07) is 8.22. The molecule has 2 N–H and O–H groups in total. The second-order valence-corrected chi connectivity index (χ2v) is 7.15. The summed E-state index contributed by atoms with van der Waals surface area (Å²) < 4.78 is 0. The second-order valence-electron chi connectivity index (χ2n) is 7.15. The number of rotatable bonds is 6. The largest absolute Gasteiger partial charge is 0.372 e. The molecule has 1 fully saturated rings. The third kappa shape index (κ3) is 5.71. The Labute approximate surface area is 146 Å². The first-order valence-corrected chi connectivity index (χ1v) is 9.05. The molecular weight excluding hydrogens is 300 g/mol. The van der Waals surface area contributed by atoms with Gasteiger partial charge in [0.05, 0.1) is 0 Å². The minimum absolute atomic E-state index is 0.137. The van der Waals surface area contributed by atoms with Crippen molar-refractivity contribution in [2.75, 3.05) is 43.9 Å². The van der Waals surface area contributed by atoms with E-state index in [0.29, 0.717) is 0 Å². The molecule has 1 atom stereocenters. The lowest BCUT2D eigenvalue weighted by Crippen LogP contribution is -2.37. The van der Waals surface area contributed by atoms with E-state index in [4.69, 9.17) is 0 Å². The molecule has 0 unspecified atom stereocenters. The van der Waals surface area contributed by atoms with Gasteiger partial charge in [-0.15, -0.1) is 0 Å². The van der Waals surface area contributed by atoms with Crippen molar-refractivity contribution in [1.29, 1.82) is 0 Å². The molecule has 0 radical (unpaired) electrons. The third-order valence-corrected chi connectivity index (χ3v) is 4.72. The molecule has 1 aromatic carbocycles. The summed E-state index contributed by atoms with van der Waals surface area (Å²) in [4.78, 5) is 16.6. The van der Waals surface area contributed by atoms with E-state index in [1.54, 1.807) is 0 Å². The molecule has 0 aliphatic carbocycles. The highest BCUT2D eigenvalue weighted by atomic mass is 16.2.